The van der Waals surface area contributed by atoms with E-state index in [1.54, 1.807) is 6.92 Å². The third-order valence-electron chi connectivity index (χ3n) is 3.45. The lowest BCUT2D eigenvalue weighted by molar-refractivity contribution is -0.137. The van der Waals surface area contributed by atoms with Crippen LogP contribution in [0.3, 0.4) is 0 Å². The molecule has 0 spiro atoms. The molecule has 1 heterocycles. The molecule has 1 amide bonds. The van der Waals surface area contributed by atoms with E-state index in [0.717, 1.165) is 31.5 Å². The highest BCUT2D eigenvalue weighted by atomic mass is 19.4. The van der Waals surface area contributed by atoms with Crippen LogP contribution in [0.25, 0.3) is 0 Å². The molecule has 1 atom stereocenters. The van der Waals surface area contributed by atoms with E-state index in [9.17, 15) is 18.0 Å². The normalized spacial score (nSPS) is 19.7. The zero-order valence-electron chi connectivity index (χ0n) is 11.2. The van der Waals surface area contributed by atoms with E-state index in [2.05, 4.69) is 10.6 Å². The Labute approximate surface area is 115 Å². The fourth-order valence-corrected chi connectivity index (χ4v) is 2.23. The van der Waals surface area contributed by atoms with Crippen molar-refractivity contribution >= 4 is 11.6 Å². The van der Waals surface area contributed by atoms with Crippen molar-refractivity contribution in [3.63, 3.8) is 0 Å². The molecule has 3 nitrogen and oxygen atoms in total. The van der Waals surface area contributed by atoms with Gasteiger partial charge in [0.05, 0.1) is 11.6 Å². The zero-order chi connectivity index (χ0) is 14.8. The topological polar surface area (TPSA) is 41.1 Å². The molecule has 0 radical (unpaired) electrons. The number of amides is 1. The Kier molecular flexibility index (Phi) is 4.32. The first-order chi connectivity index (χ1) is 9.38. The van der Waals surface area contributed by atoms with Gasteiger partial charge in [0.2, 0.25) is 5.91 Å². The lowest BCUT2D eigenvalue weighted by atomic mass is 10.0. The van der Waals surface area contributed by atoms with Gasteiger partial charge in [0.15, 0.2) is 0 Å². The quantitative estimate of drug-likeness (QED) is 0.877. The summed E-state index contributed by atoms with van der Waals surface area (Å²) in [5.74, 6) is -0.271. The molecule has 1 aromatic carbocycles. The van der Waals surface area contributed by atoms with Crippen molar-refractivity contribution in [2.45, 2.75) is 38.4 Å². The van der Waals surface area contributed by atoms with E-state index in [1.807, 2.05) is 0 Å². The summed E-state index contributed by atoms with van der Waals surface area (Å²) < 4.78 is 38.0. The van der Waals surface area contributed by atoms with Crippen molar-refractivity contribution in [2.75, 3.05) is 11.9 Å². The van der Waals surface area contributed by atoms with Gasteiger partial charge < -0.3 is 10.6 Å². The van der Waals surface area contributed by atoms with Crippen LogP contribution in [-0.4, -0.2) is 18.5 Å². The maximum atomic E-state index is 12.7. The maximum absolute atomic E-state index is 12.7. The maximum Gasteiger partial charge on any atom is 0.416 e. The number of nitrogens with one attached hydrogen (secondary N) is 2. The number of anilines is 1. The highest BCUT2D eigenvalue weighted by Gasteiger charge is 2.31. The largest absolute Gasteiger partial charge is 0.416 e. The second-order valence-electron chi connectivity index (χ2n) is 5.02. The minimum absolute atomic E-state index is 0.220. The molecule has 1 aliphatic rings. The Hall–Kier alpha value is -1.56. The number of alkyl halides is 3. The Balaban J connectivity index is 2.13. The number of aryl methyl sites for hydroxylation is 1. The van der Waals surface area contributed by atoms with E-state index in [1.165, 1.54) is 6.07 Å². The monoisotopic (exact) mass is 286 g/mol. The molecule has 20 heavy (non-hydrogen) atoms. The van der Waals surface area contributed by atoms with E-state index >= 15 is 0 Å². The second kappa shape index (κ2) is 5.83. The smallest absolute Gasteiger partial charge is 0.324 e. The third-order valence-corrected chi connectivity index (χ3v) is 3.45. The zero-order valence-corrected chi connectivity index (χ0v) is 11.2. The molecule has 0 aromatic heterocycles. The average molecular weight is 286 g/mol. The number of carbonyl (C=O) groups excluding carboxylic acids is 1. The number of rotatable bonds is 2. The molecule has 0 saturated carbocycles. The summed E-state index contributed by atoms with van der Waals surface area (Å²) >= 11 is 0. The van der Waals surface area contributed by atoms with Gasteiger partial charge >= 0.3 is 6.18 Å². The SMILES string of the molecule is Cc1ccc(C(F)(F)F)cc1NC(=O)C1CCCCN1. The third kappa shape index (κ3) is 3.50. The fraction of sp³-hybridized carbons (Fsp3) is 0.500. The van der Waals surface area contributed by atoms with Crippen molar-refractivity contribution in [1.29, 1.82) is 0 Å². The van der Waals surface area contributed by atoms with Gasteiger partial charge in [0.25, 0.3) is 0 Å². The summed E-state index contributed by atoms with van der Waals surface area (Å²) in [5.41, 5.74) is 0.0781. The van der Waals surface area contributed by atoms with Gasteiger partial charge in [0, 0.05) is 5.69 Å². The molecular formula is C14H17F3N2O. The van der Waals surface area contributed by atoms with Gasteiger partial charge in [-0.2, -0.15) is 13.2 Å². The standard InChI is InChI=1S/C14H17F3N2O/c1-9-5-6-10(14(15,16)17)8-12(9)19-13(20)11-4-2-3-7-18-11/h5-6,8,11,18H,2-4,7H2,1H3,(H,19,20). The predicted molar refractivity (Wildman–Crippen MR) is 70.5 cm³/mol. The Morgan fingerprint density at radius 1 is 1.35 bits per heavy atom. The molecule has 1 aliphatic heterocycles. The molecule has 1 unspecified atom stereocenters. The van der Waals surface area contributed by atoms with Gasteiger partial charge in [-0.25, -0.2) is 0 Å². The first-order valence-electron chi connectivity index (χ1n) is 6.60. The van der Waals surface area contributed by atoms with E-state index < -0.39 is 11.7 Å². The molecule has 110 valence electrons. The highest BCUT2D eigenvalue weighted by Crippen LogP contribution is 2.32. The van der Waals surface area contributed by atoms with Crippen LogP contribution in [0.2, 0.25) is 0 Å². The number of carbonyl (C=O) groups is 1. The lowest BCUT2D eigenvalue weighted by Gasteiger charge is -2.23. The van der Waals surface area contributed by atoms with Crippen molar-refractivity contribution in [3.8, 4) is 0 Å². The molecule has 0 bridgehead atoms. The van der Waals surface area contributed by atoms with E-state index in [0.29, 0.717) is 12.0 Å². The van der Waals surface area contributed by atoms with Crippen LogP contribution in [0.1, 0.15) is 30.4 Å². The predicted octanol–water partition coefficient (Wildman–Crippen LogP) is 3.09. The molecule has 6 heteroatoms. The highest BCUT2D eigenvalue weighted by molar-refractivity contribution is 5.95. The van der Waals surface area contributed by atoms with Gasteiger partial charge in [0.1, 0.15) is 0 Å². The number of hydrogen-bond acceptors (Lipinski definition) is 2. The summed E-state index contributed by atoms with van der Waals surface area (Å²) in [6.45, 7) is 2.43. The van der Waals surface area contributed by atoms with Crippen molar-refractivity contribution in [1.82, 2.24) is 5.32 Å². The summed E-state index contributed by atoms with van der Waals surface area (Å²) in [6.07, 6.45) is -1.72. The van der Waals surface area contributed by atoms with Crippen LogP contribution in [0.4, 0.5) is 18.9 Å². The Morgan fingerprint density at radius 2 is 2.10 bits per heavy atom. The molecule has 1 aromatic rings. The van der Waals surface area contributed by atoms with Crippen LogP contribution in [0.15, 0.2) is 18.2 Å². The molecular weight excluding hydrogens is 269 g/mol. The molecule has 2 N–H and O–H groups in total. The summed E-state index contributed by atoms with van der Waals surface area (Å²) in [4.78, 5) is 12.0. The average Bonchev–Trinajstić information content (AvgIpc) is 2.41. The number of benzene rings is 1. The Bertz CT molecular complexity index is 494. The van der Waals surface area contributed by atoms with Crippen molar-refractivity contribution in [3.05, 3.63) is 29.3 Å². The van der Waals surface area contributed by atoms with Crippen LogP contribution >= 0.6 is 0 Å². The van der Waals surface area contributed by atoms with Gasteiger partial charge in [-0.15, -0.1) is 0 Å². The molecule has 1 fully saturated rings. The summed E-state index contributed by atoms with van der Waals surface area (Å²) in [6, 6.07) is 3.05. The van der Waals surface area contributed by atoms with Crippen molar-refractivity contribution < 1.29 is 18.0 Å². The number of hydrogen-bond donors (Lipinski definition) is 2. The van der Waals surface area contributed by atoms with E-state index in [4.69, 9.17) is 0 Å². The van der Waals surface area contributed by atoms with Crippen LogP contribution in [-0.2, 0) is 11.0 Å². The minimum Gasteiger partial charge on any atom is -0.324 e. The summed E-state index contributed by atoms with van der Waals surface area (Å²) in [7, 11) is 0. The number of halogens is 3. The van der Waals surface area contributed by atoms with Gasteiger partial charge in [-0.05, 0) is 44.0 Å². The summed E-state index contributed by atoms with van der Waals surface area (Å²) in [5, 5.41) is 5.66. The molecule has 2 rings (SSSR count). The molecule has 1 saturated heterocycles. The van der Waals surface area contributed by atoms with E-state index in [-0.39, 0.29) is 17.6 Å². The van der Waals surface area contributed by atoms with Crippen LogP contribution in [0.5, 0.6) is 0 Å². The Morgan fingerprint density at radius 3 is 2.70 bits per heavy atom. The second-order valence-corrected chi connectivity index (χ2v) is 5.02. The minimum atomic E-state index is -4.41. The number of piperidine rings is 1. The van der Waals surface area contributed by atoms with Crippen LogP contribution in [0, 0.1) is 6.92 Å². The molecule has 0 aliphatic carbocycles. The van der Waals surface area contributed by atoms with Gasteiger partial charge in [-0.1, -0.05) is 12.5 Å². The van der Waals surface area contributed by atoms with Gasteiger partial charge in [-0.3, -0.25) is 4.79 Å². The van der Waals surface area contributed by atoms with Crippen molar-refractivity contribution in [2.24, 2.45) is 0 Å². The lowest BCUT2D eigenvalue weighted by Crippen LogP contribution is -2.43. The first kappa shape index (κ1) is 14.8. The van der Waals surface area contributed by atoms with Crippen LogP contribution < -0.4 is 10.6 Å². The fourth-order valence-electron chi connectivity index (χ4n) is 2.23. The first-order valence-corrected chi connectivity index (χ1v) is 6.60.